The molecule has 0 bridgehead atoms. The van der Waals surface area contributed by atoms with Gasteiger partial charge in [0.25, 0.3) is 17.7 Å². The van der Waals surface area contributed by atoms with Crippen molar-refractivity contribution >= 4 is 39.8 Å². The predicted molar refractivity (Wildman–Crippen MR) is 144 cm³/mol. The molecule has 0 aliphatic carbocycles. The molecule has 3 aliphatic heterocycles. The summed E-state index contributed by atoms with van der Waals surface area (Å²) in [7, 11) is 0. The second-order valence-corrected chi connectivity index (χ2v) is 10.1. The van der Waals surface area contributed by atoms with Gasteiger partial charge in [0, 0.05) is 60.6 Å². The molecule has 10 heteroatoms. The number of ether oxygens (including phenoxy) is 1. The molecular formula is C30H24FN5O4. The maximum Gasteiger partial charge on any atom is 0.274 e. The predicted octanol–water partition coefficient (Wildman–Crippen LogP) is 3.55. The Kier molecular flexibility index (Phi) is 5.69. The Morgan fingerprint density at radius 3 is 2.62 bits per heavy atom. The third kappa shape index (κ3) is 3.78. The third-order valence-corrected chi connectivity index (χ3v) is 7.92. The number of benzene rings is 2. The molecule has 0 unspecified atom stereocenters. The minimum absolute atomic E-state index is 0.00598. The molecule has 40 heavy (non-hydrogen) atoms. The van der Waals surface area contributed by atoms with Crippen LogP contribution in [0.5, 0.6) is 5.75 Å². The van der Waals surface area contributed by atoms with E-state index in [1.807, 2.05) is 30.5 Å². The number of imide groups is 1. The molecule has 0 spiro atoms. The van der Waals surface area contributed by atoms with E-state index in [2.05, 4.69) is 19.9 Å². The molecule has 1 N–H and O–H groups in total. The topological polar surface area (TPSA) is 106 Å². The fraction of sp³-hybridized carbons (Fsp3) is 0.233. The summed E-state index contributed by atoms with van der Waals surface area (Å²) in [4.78, 5) is 49.1. The van der Waals surface area contributed by atoms with E-state index in [0.29, 0.717) is 56.0 Å². The summed E-state index contributed by atoms with van der Waals surface area (Å²) < 4.78 is 23.1. The maximum atomic E-state index is 15.3. The second-order valence-electron chi connectivity index (χ2n) is 10.1. The fourth-order valence-electron chi connectivity index (χ4n) is 6.03. The van der Waals surface area contributed by atoms with Crippen molar-refractivity contribution in [1.29, 1.82) is 0 Å². The molecule has 3 amide bonds. The number of piperidine rings is 1. The van der Waals surface area contributed by atoms with Crippen molar-refractivity contribution in [2.75, 3.05) is 19.7 Å². The van der Waals surface area contributed by atoms with Crippen molar-refractivity contribution in [2.24, 2.45) is 0 Å². The smallest absolute Gasteiger partial charge is 0.274 e. The van der Waals surface area contributed by atoms with Crippen LogP contribution < -0.4 is 10.1 Å². The number of hydrogen-bond donors (Lipinski definition) is 1. The molecule has 0 saturated carbocycles. The Labute approximate surface area is 228 Å². The molecule has 4 aromatic rings. The lowest BCUT2D eigenvalue weighted by Gasteiger charge is -2.33. The van der Waals surface area contributed by atoms with Gasteiger partial charge in [-0.1, -0.05) is 24.3 Å². The molecular weight excluding hydrogens is 513 g/mol. The van der Waals surface area contributed by atoms with Crippen LogP contribution in [0.4, 0.5) is 4.39 Å². The van der Waals surface area contributed by atoms with Gasteiger partial charge < -0.3 is 14.2 Å². The lowest BCUT2D eigenvalue weighted by molar-refractivity contribution is -0.122. The van der Waals surface area contributed by atoms with E-state index in [1.165, 1.54) is 24.7 Å². The number of carbonyl (C=O) groups excluding carboxylic acids is 3. The quantitative estimate of drug-likeness (QED) is 0.399. The summed E-state index contributed by atoms with van der Waals surface area (Å²) >= 11 is 0. The summed E-state index contributed by atoms with van der Waals surface area (Å²) in [6, 6.07) is 10.7. The molecule has 2 aromatic carbocycles. The minimum Gasteiger partial charge on any atom is -0.492 e. The highest BCUT2D eigenvalue weighted by molar-refractivity contribution is 6.50. The van der Waals surface area contributed by atoms with E-state index in [1.54, 1.807) is 11.0 Å². The summed E-state index contributed by atoms with van der Waals surface area (Å²) in [6.07, 6.45) is 8.37. The minimum atomic E-state index is -0.643. The molecule has 7 rings (SSSR count). The van der Waals surface area contributed by atoms with Crippen LogP contribution in [0.3, 0.4) is 0 Å². The number of nitrogens with zero attached hydrogens (tertiary/aromatic N) is 4. The Morgan fingerprint density at radius 2 is 1.82 bits per heavy atom. The van der Waals surface area contributed by atoms with Crippen LogP contribution in [0.15, 0.2) is 61.2 Å². The summed E-state index contributed by atoms with van der Waals surface area (Å²) in [6.45, 7) is 1.46. The molecule has 9 nitrogen and oxygen atoms in total. The molecule has 2 aromatic heterocycles. The van der Waals surface area contributed by atoms with Gasteiger partial charge in [-0.15, -0.1) is 0 Å². The first-order valence-corrected chi connectivity index (χ1v) is 13.2. The SMILES string of the molecule is O=C1NC(=O)C(c2cn(C3CCN(C(=O)c4cnccn4)CC3)c3ccccc23)=C1c1c(F)ccc2c1OCC2. The summed E-state index contributed by atoms with van der Waals surface area (Å²) in [5.41, 5.74) is 2.73. The van der Waals surface area contributed by atoms with Gasteiger partial charge in [-0.3, -0.25) is 24.7 Å². The van der Waals surface area contributed by atoms with Gasteiger partial charge in [-0.05, 0) is 30.5 Å². The molecule has 3 aliphatic rings. The summed E-state index contributed by atoms with van der Waals surface area (Å²) in [5, 5.41) is 3.17. The molecule has 0 radical (unpaired) electrons. The van der Waals surface area contributed by atoms with Crippen LogP contribution in [0.2, 0.25) is 0 Å². The number of halogens is 1. The van der Waals surface area contributed by atoms with E-state index in [-0.39, 0.29) is 28.7 Å². The van der Waals surface area contributed by atoms with Crippen molar-refractivity contribution in [1.82, 2.24) is 24.8 Å². The van der Waals surface area contributed by atoms with Crippen LogP contribution >= 0.6 is 0 Å². The van der Waals surface area contributed by atoms with E-state index >= 15 is 4.39 Å². The lowest BCUT2D eigenvalue weighted by Crippen LogP contribution is -2.39. The van der Waals surface area contributed by atoms with Crippen molar-refractivity contribution in [3.8, 4) is 5.75 Å². The zero-order valence-electron chi connectivity index (χ0n) is 21.4. The van der Waals surface area contributed by atoms with E-state index < -0.39 is 17.6 Å². The Hall–Kier alpha value is -4.86. The third-order valence-electron chi connectivity index (χ3n) is 7.92. The van der Waals surface area contributed by atoms with Gasteiger partial charge >= 0.3 is 0 Å². The molecule has 1 saturated heterocycles. The van der Waals surface area contributed by atoms with Gasteiger partial charge in [0.1, 0.15) is 17.3 Å². The number of carbonyl (C=O) groups is 3. The van der Waals surface area contributed by atoms with E-state index in [9.17, 15) is 14.4 Å². The number of rotatable bonds is 4. The fourth-order valence-corrected chi connectivity index (χ4v) is 6.03. The number of likely N-dealkylation sites (tertiary alicyclic amines) is 1. The maximum absolute atomic E-state index is 15.3. The lowest BCUT2D eigenvalue weighted by atomic mass is 9.93. The first kappa shape index (κ1) is 24.2. The van der Waals surface area contributed by atoms with Crippen LogP contribution in [0.25, 0.3) is 22.0 Å². The number of fused-ring (bicyclic) bond motifs is 2. The number of para-hydroxylation sites is 1. The van der Waals surface area contributed by atoms with E-state index in [4.69, 9.17) is 4.74 Å². The molecule has 5 heterocycles. The zero-order chi connectivity index (χ0) is 27.4. The highest BCUT2D eigenvalue weighted by Crippen LogP contribution is 2.43. The van der Waals surface area contributed by atoms with Crippen LogP contribution in [0, 0.1) is 5.82 Å². The van der Waals surface area contributed by atoms with Crippen molar-refractivity contribution < 1.29 is 23.5 Å². The Bertz CT molecular complexity index is 1740. The van der Waals surface area contributed by atoms with Gasteiger partial charge in [0.05, 0.1) is 29.5 Å². The number of hydrogen-bond acceptors (Lipinski definition) is 6. The summed E-state index contributed by atoms with van der Waals surface area (Å²) in [5.74, 6) is -1.65. The van der Waals surface area contributed by atoms with Gasteiger partial charge in [-0.25, -0.2) is 9.37 Å². The van der Waals surface area contributed by atoms with Gasteiger partial charge in [0.15, 0.2) is 0 Å². The van der Waals surface area contributed by atoms with Crippen molar-refractivity contribution in [2.45, 2.75) is 25.3 Å². The Balaban J connectivity index is 1.29. The molecule has 200 valence electrons. The number of aromatic nitrogens is 3. The highest BCUT2D eigenvalue weighted by Gasteiger charge is 2.38. The number of nitrogens with one attached hydrogen (secondary N) is 1. The zero-order valence-corrected chi connectivity index (χ0v) is 21.4. The first-order chi connectivity index (χ1) is 19.5. The van der Waals surface area contributed by atoms with Gasteiger partial charge in [0.2, 0.25) is 0 Å². The second kappa shape index (κ2) is 9.41. The monoisotopic (exact) mass is 537 g/mol. The van der Waals surface area contributed by atoms with Crippen molar-refractivity contribution in [3.63, 3.8) is 0 Å². The molecule has 0 atom stereocenters. The standard InChI is InChI=1S/C30H24FN5O4/c31-21-6-5-17-9-14-40-27(17)25(21)26-24(28(37)34-29(26)38)20-16-36(23-4-2-1-3-19(20)23)18-7-12-35(13-8-18)30(39)22-15-32-10-11-33-22/h1-6,10-11,15-16,18H,7-9,12-14H2,(H,34,37,38). The van der Waals surface area contributed by atoms with Gasteiger partial charge in [-0.2, -0.15) is 0 Å². The van der Waals surface area contributed by atoms with Crippen LogP contribution in [-0.2, 0) is 16.0 Å². The first-order valence-electron chi connectivity index (χ1n) is 13.2. The normalized spacial score (nSPS) is 17.4. The van der Waals surface area contributed by atoms with E-state index in [0.717, 1.165) is 16.5 Å². The average molecular weight is 538 g/mol. The molecule has 1 fully saturated rings. The van der Waals surface area contributed by atoms with Crippen molar-refractivity contribution in [3.05, 3.63) is 89.4 Å². The largest absolute Gasteiger partial charge is 0.492 e. The highest BCUT2D eigenvalue weighted by atomic mass is 19.1. The van der Waals surface area contributed by atoms with Crippen LogP contribution in [0.1, 0.15) is 46.1 Å². The Morgan fingerprint density at radius 1 is 1.02 bits per heavy atom. The average Bonchev–Trinajstić information content (AvgIpc) is 3.68. The van der Waals surface area contributed by atoms with Crippen LogP contribution in [-0.4, -0.2) is 56.9 Å². The number of amides is 3.